The zero-order valence-electron chi connectivity index (χ0n) is 11.8. The van der Waals surface area contributed by atoms with Gasteiger partial charge in [0.1, 0.15) is 0 Å². The second kappa shape index (κ2) is 7.68. The topological polar surface area (TPSA) is 28.2 Å². The highest BCUT2D eigenvalue weighted by Crippen LogP contribution is 2.34. The molecule has 7 heteroatoms. The average Bonchev–Trinajstić information content (AvgIpc) is 2.87. The molecule has 2 aromatic rings. The molecule has 2 rings (SSSR count). The van der Waals surface area contributed by atoms with E-state index in [0.29, 0.717) is 16.6 Å². The Morgan fingerprint density at radius 2 is 1.86 bits per heavy atom. The summed E-state index contributed by atoms with van der Waals surface area (Å²) < 4.78 is 0.865. The standard InChI is InChI=1S/C14H16BrCl2N3S/c1-3-20(4-2)14-19-8-10(21-14)7-18-13-11(16)5-9(15)6-12(13)17/h5-6,8,18H,3-4,7H2,1-2H3. The summed E-state index contributed by atoms with van der Waals surface area (Å²) in [6.45, 7) is 6.83. The molecule has 0 atom stereocenters. The van der Waals surface area contributed by atoms with Gasteiger partial charge in [0, 0.05) is 28.6 Å². The van der Waals surface area contributed by atoms with E-state index >= 15 is 0 Å². The minimum Gasteiger partial charge on any atom is -0.378 e. The minimum atomic E-state index is 0.600. The first-order valence-electron chi connectivity index (χ1n) is 6.63. The van der Waals surface area contributed by atoms with Gasteiger partial charge in [0.15, 0.2) is 5.13 Å². The van der Waals surface area contributed by atoms with E-state index in [4.69, 9.17) is 23.2 Å². The number of benzene rings is 1. The number of hydrogen-bond acceptors (Lipinski definition) is 4. The Balaban J connectivity index is 2.07. The van der Waals surface area contributed by atoms with Gasteiger partial charge < -0.3 is 10.2 Å². The molecule has 0 bridgehead atoms. The Morgan fingerprint density at radius 1 is 1.24 bits per heavy atom. The van der Waals surface area contributed by atoms with E-state index in [0.717, 1.165) is 33.3 Å². The summed E-state index contributed by atoms with van der Waals surface area (Å²) >= 11 is 17.5. The van der Waals surface area contributed by atoms with Gasteiger partial charge in [0.05, 0.1) is 22.3 Å². The van der Waals surface area contributed by atoms with E-state index in [9.17, 15) is 0 Å². The minimum absolute atomic E-state index is 0.600. The molecule has 21 heavy (non-hydrogen) atoms. The van der Waals surface area contributed by atoms with Crippen LogP contribution < -0.4 is 10.2 Å². The van der Waals surface area contributed by atoms with E-state index in [-0.39, 0.29) is 0 Å². The summed E-state index contributed by atoms with van der Waals surface area (Å²) in [7, 11) is 0. The molecule has 0 fully saturated rings. The zero-order valence-corrected chi connectivity index (χ0v) is 15.7. The van der Waals surface area contributed by atoms with E-state index in [1.165, 1.54) is 0 Å². The van der Waals surface area contributed by atoms with Crippen LogP contribution in [0.1, 0.15) is 18.7 Å². The van der Waals surface area contributed by atoms with Crippen LogP contribution in [-0.4, -0.2) is 18.1 Å². The summed E-state index contributed by atoms with van der Waals surface area (Å²) in [5.74, 6) is 0. The van der Waals surface area contributed by atoms with Crippen molar-refractivity contribution < 1.29 is 0 Å². The molecule has 0 amide bonds. The van der Waals surface area contributed by atoms with Crippen molar-refractivity contribution in [3.63, 3.8) is 0 Å². The largest absolute Gasteiger partial charge is 0.378 e. The zero-order chi connectivity index (χ0) is 15.4. The first-order chi connectivity index (χ1) is 10.0. The molecule has 0 aliphatic rings. The van der Waals surface area contributed by atoms with Crippen LogP contribution >= 0.6 is 50.5 Å². The highest BCUT2D eigenvalue weighted by Gasteiger charge is 2.10. The third-order valence-electron chi connectivity index (χ3n) is 3.02. The van der Waals surface area contributed by atoms with Crippen LogP contribution in [0.2, 0.25) is 10.0 Å². The van der Waals surface area contributed by atoms with Gasteiger partial charge in [-0.25, -0.2) is 4.98 Å². The molecular formula is C14H16BrCl2N3S. The van der Waals surface area contributed by atoms with Crippen molar-refractivity contribution in [2.24, 2.45) is 0 Å². The number of nitrogens with zero attached hydrogens (tertiary/aromatic N) is 2. The third kappa shape index (κ3) is 4.25. The fourth-order valence-electron chi connectivity index (χ4n) is 1.91. The molecule has 3 nitrogen and oxygen atoms in total. The van der Waals surface area contributed by atoms with Crippen LogP contribution in [0.3, 0.4) is 0 Å². The lowest BCUT2D eigenvalue weighted by atomic mass is 10.3. The van der Waals surface area contributed by atoms with Gasteiger partial charge >= 0.3 is 0 Å². The summed E-state index contributed by atoms with van der Waals surface area (Å²) in [4.78, 5) is 7.84. The van der Waals surface area contributed by atoms with Crippen LogP contribution in [0.25, 0.3) is 0 Å². The van der Waals surface area contributed by atoms with Crippen LogP contribution in [0, 0.1) is 0 Å². The molecule has 114 valence electrons. The number of aromatic nitrogens is 1. The smallest absolute Gasteiger partial charge is 0.185 e. The fourth-order valence-corrected chi connectivity index (χ4v) is 4.22. The number of rotatable bonds is 6. The predicted molar refractivity (Wildman–Crippen MR) is 97.2 cm³/mol. The quantitative estimate of drug-likeness (QED) is 0.667. The normalized spacial score (nSPS) is 10.7. The molecule has 0 radical (unpaired) electrons. The molecule has 1 aromatic carbocycles. The maximum Gasteiger partial charge on any atom is 0.185 e. The fraction of sp³-hybridized carbons (Fsp3) is 0.357. The number of anilines is 2. The van der Waals surface area contributed by atoms with Crippen molar-refractivity contribution >= 4 is 61.3 Å². The number of nitrogens with one attached hydrogen (secondary N) is 1. The highest BCUT2D eigenvalue weighted by molar-refractivity contribution is 9.10. The van der Waals surface area contributed by atoms with Gasteiger partial charge in [0.25, 0.3) is 0 Å². The van der Waals surface area contributed by atoms with Crippen molar-refractivity contribution in [1.29, 1.82) is 0 Å². The second-order valence-electron chi connectivity index (χ2n) is 4.38. The van der Waals surface area contributed by atoms with E-state index < -0.39 is 0 Å². The van der Waals surface area contributed by atoms with Crippen LogP contribution in [0.5, 0.6) is 0 Å². The Bertz CT molecular complexity index is 591. The van der Waals surface area contributed by atoms with E-state index in [1.807, 2.05) is 18.3 Å². The van der Waals surface area contributed by atoms with Crippen molar-refractivity contribution in [3.8, 4) is 0 Å². The van der Waals surface area contributed by atoms with Gasteiger partial charge in [-0.1, -0.05) is 39.1 Å². The molecule has 1 aromatic heterocycles. The Morgan fingerprint density at radius 3 is 2.43 bits per heavy atom. The molecule has 0 aliphatic carbocycles. The predicted octanol–water partition coefficient (Wildman–Crippen LogP) is 5.67. The first-order valence-corrected chi connectivity index (χ1v) is 8.99. The summed E-state index contributed by atoms with van der Waals surface area (Å²) in [6.07, 6.45) is 1.89. The lowest BCUT2D eigenvalue weighted by Crippen LogP contribution is -2.21. The molecular weight excluding hydrogens is 393 g/mol. The number of hydrogen-bond donors (Lipinski definition) is 1. The Labute approximate surface area is 147 Å². The van der Waals surface area contributed by atoms with Gasteiger partial charge in [-0.3, -0.25) is 0 Å². The summed E-state index contributed by atoms with van der Waals surface area (Å²) in [5, 5.41) is 5.53. The summed E-state index contributed by atoms with van der Waals surface area (Å²) in [5.41, 5.74) is 0.749. The van der Waals surface area contributed by atoms with E-state index in [1.54, 1.807) is 11.3 Å². The maximum absolute atomic E-state index is 6.20. The number of thiazole rings is 1. The Hall–Kier alpha value is -0.490. The van der Waals surface area contributed by atoms with Gasteiger partial charge in [0.2, 0.25) is 0 Å². The SMILES string of the molecule is CCN(CC)c1ncc(CNc2c(Cl)cc(Br)cc2Cl)s1. The van der Waals surface area contributed by atoms with Crippen LogP contribution in [0.15, 0.2) is 22.8 Å². The van der Waals surface area contributed by atoms with Gasteiger partial charge in [-0.2, -0.15) is 0 Å². The lowest BCUT2D eigenvalue weighted by molar-refractivity contribution is 0.860. The molecule has 0 saturated carbocycles. The third-order valence-corrected chi connectivity index (χ3v) is 5.13. The molecule has 0 aliphatic heterocycles. The van der Waals surface area contributed by atoms with Crippen LogP contribution in [-0.2, 0) is 6.54 Å². The molecule has 0 saturated heterocycles. The van der Waals surface area contributed by atoms with Crippen molar-refractivity contribution in [1.82, 2.24) is 4.98 Å². The first kappa shape index (κ1) is 16.9. The van der Waals surface area contributed by atoms with E-state index in [2.05, 4.69) is 45.0 Å². The highest BCUT2D eigenvalue weighted by atomic mass is 79.9. The van der Waals surface area contributed by atoms with Gasteiger partial charge in [-0.05, 0) is 26.0 Å². The monoisotopic (exact) mass is 407 g/mol. The maximum atomic E-state index is 6.20. The molecule has 0 spiro atoms. The number of halogens is 3. The van der Waals surface area contributed by atoms with Crippen molar-refractivity contribution in [3.05, 3.63) is 37.7 Å². The van der Waals surface area contributed by atoms with Crippen molar-refractivity contribution in [2.45, 2.75) is 20.4 Å². The second-order valence-corrected chi connectivity index (χ2v) is 7.20. The lowest BCUT2D eigenvalue weighted by Gasteiger charge is -2.16. The molecule has 1 heterocycles. The summed E-state index contributed by atoms with van der Waals surface area (Å²) in [6, 6.07) is 3.65. The van der Waals surface area contributed by atoms with Crippen molar-refractivity contribution in [2.75, 3.05) is 23.3 Å². The molecule has 1 N–H and O–H groups in total. The van der Waals surface area contributed by atoms with Crippen LogP contribution in [0.4, 0.5) is 10.8 Å². The average molecular weight is 409 g/mol. The Kier molecular flexibility index (Phi) is 6.17. The molecule has 0 unspecified atom stereocenters. The van der Waals surface area contributed by atoms with Gasteiger partial charge in [-0.15, -0.1) is 11.3 Å².